The Morgan fingerprint density at radius 2 is 1.02 bits per heavy atom. The third kappa shape index (κ3) is 18.2. The second-order valence-electron chi connectivity index (χ2n) is 14.9. The van der Waals surface area contributed by atoms with E-state index in [9.17, 15) is 41.1 Å². The smallest absolute Gasteiger partial charge is 0.329 e. The maximum absolute atomic E-state index is 14.3. The molecule has 13 heteroatoms. The van der Waals surface area contributed by atoms with Gasteiger partial charge < -0.3 is 19.1 Å². The maximum atomic E-state index is 14.3. The molecule has 0 unspecified atom stereocenters. The van der Waals surface area contributed by atoms with Crippen molar-refractivity contribution in [1.29, 1.82) is 0 Å². The van der Waals surface area contributed by atoms with Gasteiger partial charge >= 0.3 is 17.9 Å². The number of amides is 1. The molecule has 0 heterocycles. The van der Waals surface area contributed by atoms with Crippen LogP contribution in [0.5, 0.6) is 5.75 Å². The van der Waals surface area contributed by atoms with Gasteiger partial charge in [0.25, 0.3) is 0 Å². The van der Waals surface area contributed by atoms with Crippen molar-refractivity contribution in [2.24, 2.45) is 0 Å². The standard InChI is InChI=1S/C47H60F5NO7/c1-2-3-4-5-6-7-11-14-23-32-53(38(54)28-21-12-9-8-10-13-22-29-39(55)58-33-35-24-17-15-18-25-35)37(47(57)59-34-36-26-19-16-20-27-36)30-31-40(56)60-46-44(51)42(49)41(48)43(50)45(46)52/h15-20,24-27,37H,2-14,21-23,28-34H2,1H3/t37-/m0/s1/i1D. The van der Waals surface area contributed by atoms with Gasteiger partial charge in [-0.3, -0.25) is 14.4 Å². The van der Waals surface area contributed by atoms with Crippen LogP contribution in [0.15, 0.2) is 60.7 Å². The molecule has 0 spiro atoms. The van der Waals surface area contributed by atoms with E-state index in [4.69, 9.17) is 10.8 Å². The lowest BCUT2D eigenvalue weighted by Gasteiger charge is -2.30. The molecule has 0 bridgehead atoms. The van der Waals surface area contributed by atoms with Gasteiger partial charge in [0.15, 0.2) is 0 Å². The Morgan fingerprint density at radius 1 is 0.550 bits per heavy atom. The van der Waals surface area contributed by atoms with E-state index in [1.165, 1.54) is 4.90 Å². The first kappa shape index (κ1) is 47.9. The molecule has 1 amide bonds. The Balaban J connectivity index is 1.60. The van der Waals surface area contributed by atoms with Gasteiger partial charge in [-0.1, -0.05) is 151 Å². The molecule has 0 aliphatic heterocycles. The molecule has 0 saturated carbocycles. The molecular formula is C47H60F5NO7. The van der Waals surface area contributed by atoms with Gasteiger partial charge in [0.1, 0.15) is 19.3 Å². The van der Waals surface area contributed by atoms with E-state index in [0.717, 1.165) is 89.0 Å². The lowest BCUT2D eigenvalue weighted by Crippen LogP contribution is -2.46. The number of nitrogens with zero attached hydrogens (tertiary/aromatic N) is 1. The van der Waals surface area contributed by atoms with Gasteiger partial charge in [0.05, 0.1) is 0 Å². The highest BCUT2D eigenvalue weighted by atomic mass is 19.2. The molecule has 3 aromatic rings. The summed E-state index contributed by atoms with van der Waals surface area (Å²) in [6.45, 7) is 0.703. The molecule has 8 nitrogen and oxygen atoms in total. The van der Waals surface area contributed by atoms with Crippen molar-refractivity contribution < 1.29 is 56.7 Å². The molecule has 330 valence electrons. The van der Waals surface area contributed by atoms with E-state index in [1.807, 2.05) is 30.3 Å². The summed E-state index contributed by atoms with van der Waals surface area (Å²) in [5.74, 6) is -16.1. The van der Waals surface area contributed by atoms with Crippen LogP contribution < -0.4 is 4.74 Å². The number of halogens is 5. The van der Waals surface area contributed by atoms with Crippen LogP contribution in [-0.4, -0.2) is 41.3 Å². The Hall–Kier alpha value is -4.81. The maximum Gasteiger partial charge on any atom is 0.329 e. The average Bonchev–Trinajstić information content (AvgIpc) is 3.27. The lowest BCUT2D eigenvalue weighted by atomic mass is 10.0. The summed E-state index contributed by atoms with van der Waals surface area (Å²) < 4.78 is 92.6. The van der Waals surface area contributed by atoms with Crippen LogP contribution >= 0.6 is 0 Å². The lowest BCUT2D eigenvalue weighted by molar-refractivity contribution is -0.157. The summed E-state index contributed by atoms with van der Waals surface area (Å²) in [6, 6.07) is 16.9. The van der Waals surface area contributed by atoms with Crippen LogP contribution in [0, 0.1) is 29.1 Å². The molecule has 0 radical (unpaired) electrons. The molecule has 3 aromatic carbocycles. The minimum atomic E-state index is -2.40. The number of ether oxygens (including phenoxy) is 3. The van der Waals surface area contributed by atoms with E-state index in [-0.39, 0.29) is 38.1 Å². The van der Waals surface area contributed by atoms with Crippen LogP contribution in [0.1, 0.15) is 148 Å². The van der Waals surface area contributed by atoms with Crippen LogP contribution in [-0.2, 0) is 41.9 Å². The minimum Gasteiger partial charge on any atom is -0.461 e. The highest BCUT2D eigenvalue weighted by Crippen LogP contribution is 2.30. The first-order valence-electron chi connectivity index (χ1n) is 21.9. The predicted octanol–water partition coefficient (Wildman–Crippen LogP) is 11.8. The molecule has 0 aromatic heterocycles. The van der Waals surface area contributed by atoms with Crippen molar-refractivity contribution in [3.63, 3.8) is 0 Å². The summed E-state index contributed by atoms with van der Waals surface area (Å²) in [4.78, 5) is 53.9. The van der Waals surface area contributed by atoms with Gasteiger partial charge in [-0.2, -0.15) is 8.78 Å². The van der Waals surface area contributed by atoms with Crippen molar-refractivity contribution in [3.8, 4) is 5.75 Å². The Bertz CT molecular complexity index is 1740. The normalized spacial score (nSPS) is 11.8. The number of rotatable bonds is 30. The average molecular weight is 847 g/mol. The number of carbonyl (C=O) groups is 4. The van der Waals surface area contributed by atoms with Crippen molar-refractivity contribution in [3.05, 3.63) is 101 Å². The Morgan fingerprint density at radius 3 is 1.57 bits per heavy atom. The summed E-state index contributed by atoms with van der Waals surface area (Å²) in [5, 5.41) is 0. The second kappa shape index (κ2) is 28.6. The van der Waals surface area contributed by atoms with E-state index in [2.05, 4.69) is 4.74 Å². The third-order valence-electron chi connectivity index (χ3n) is 10.1. The Labute approximate surface area is 352 Å². The number of esters is 3. The predicted molar refractivity (Wildman–Crippen MR) is 218 cm³/mol. The molecule has 60 heavy (non-hydrogen) atoms. The first-order chi connectivity index (χ1) is 29.5. The van der Waals surface area contributed by atoms with Crippen molar-refractivity contribution in [2.75, 3.05) is 6.54 Å². The fraction of sp³-hybridized carbons (Fsp3) is 0.532. The molecule has 0 aliphatic rings. The third-order valence-corrected chi connectivity index (χ3v) is 10.1. The highest BCUT2D eigenvalue weighted by molar-refractivity contribution is 5.85. The van der Waals surface area contributed by atoms with E-state index in [0.29, 0.717) is 38.1 Å². The number of hydrogen-bond donors (Lipinski definition) is 0. The quantitative estimate of drug-likeness (QED) is 0.0164. The van der Waals surface area contributed by atoms with Gasteiger partial charge in [-0.15, -0.1) is 0 Å². The summed E-state index contributed by atoms with van der Waals surface area (Å²) in [6.07, 6.45) is 13.1. The summed E-state index contributed by atoms with van der Waals surface area (Å²) >= 11 is 0. The van der Waals surface area contributed by atoms with Crippen LogP contribution in [0.25, 0.3) is 0 Å². The van der Waals surface area contributed by atoms with Crippen LogP contribution in [0.3, 0.4) is 0 Å². The van der Waals surface area contributed by atoms with Gasteiger partial charge in [-0.25, -0.2) is 18.0 Å². The minimum absolute atomic E-state index is 0.100. The van der Waals surface area contributed by atoms with Gasteiger partial charge in [0.2, 0.25) is 40.7 Å². The van der Waals surface area contributed by atoms with Crippen LogP contribution in [0.2, 0.25) is 0 Å². The zero-order chi connectivity index (χ0) is 44.2. The molecule has 3 rings (SSSR count). The largest absolute Gasteiger partial charge is 0.461 e. The van der Waals surface area contributed by atoms with Crippen molar-refractivity contribution >= 4 is 23.8 Å². The summed E-state index contributed by atoms with van der Waals surface area (Å²) in [5.41, 5.74) is 1.60. The monoisotopic (exact) mass is 846 g/mol. The van der Waals surface area contributed by atoms with E-state index in [1.54, 1.807) is 30.3 Å². The van der Waals surface area contributed by atoms with Crippen LogP contribution in [0.4, 0.5) is 22.0 Å². The summed E-state index contributed by atoms with van der Waals surface area (Å²) in [7, 11) is 0. The van der Waals surface area contributed by atoms with E-state index < -0.39 is 65.7 Å². The Kier molecular flexibility index (Phi) is 22.8. The highest BCUT2D eigenvalue weighted by Gasteiger charge is 2.33. The van der Waals surface area contributed by atoms with Crippen molar-refractivity contribution in [1.82, 2.24) is 4.90 Å². The molecule has 0 saturated heterocycles. The molecule has 1 atom stereocenters. The van der Waals surface area contributed by atoms with Gasteiger partial charge in [0, 0.05) is 27.2 Å². The molecule has 0 aliphatic carbocycles. The second-order valence-corrected chi connectivity index (χ2v) is 14.9. The number of benzene rings is 3. The zero-order valence-electron chi connectivity index (χ0n) is 35.5. The zero-order valence-corrected chi connectivity index (χ0v) is 34.5. The first-order valence-corrected chi connectivity index (χ1v) is 21.2. The fourth-order valence-corrected chi connectivity index (χ4v) is 6.68. The number of unbranched alkanes of at least 4 members (excludes halogenated alkanes) is 14. The van der Waals surface area contributed by atoms with Gasteiger partial charge in [-0.05, 0) is 36.8 Å². The number of hydrogen-bond acceptors (Lipinski definition) is 7. The topological polar surface area (TPSA) is 99.2 Å². The number of carbonyl (C=O) groups excluding carboxylic acids is 4. The van der Waals surface area contributed by atoms with Crippen molar-refractivity contribution in [2.45, 2.75) is 155 Å². The van der Waals surface area contributed by atoms with E-state index >= 15 is 0 Å². The molecular weight excluding hydrogens is 786 g/mol. The fourth-order valence-electron chi connectivity index (χ4n) is 6.68. The SMILES string of the molecule is [2H]CCCCCCCCCCCN(C(=O)CCCCCCCCCC(=O)OCc1ccccc1)[C@@H](CCC(=O)Oc1c(F)c(F)c(F)c(F)c1F)C(=O)OCc1ccccc1. The molecule has 0 fully saturated rings. The molecule has 0 N–H and O–H groups in total.